The van der Waals surface area contributed by atoms with Gasteiger partial charge in [-0.3, -0.25) is 52.8 Å². The number of ketones is 1. The van der Waals surface area contributed by atoms with E-state index in [1.807, 2.05) is 0 Å². The van der Waals surface area contributed by atoms with Crippen LogP contribution in [0.3, 0.4) is 0 Å². The quantitative estimate of drug-likeness (QED) is 0.0130. The highest BCUT2D eigenvalue weighted by Gasteiger charge is 2.47. The van der Waals surface area contributed by atoms with Crippen molar-refractivity contribution in [3.8, 4) is 22.8 Å². The van der Waals surface area contributed by atoms with E-state index in [4.69, 9.17) is 48.1 Å². The summed E-state index contributed by atoms with van der Waals surface area (Å²) in [6.07, 6.45) is -19.0. The van der Waals surface area contributed by atoms with Gasteiger partial charge in [0.2, 0.25) is 29.5 Å². The van der Waals surface area contributed by atoms with Crippen LogP contribution in [0.5, 0.6) is 0 Å². The first-order valence-corrected chi connectivity index (χ1v) is 43.2. The van der Waals surface area contributed by atoms with Crippen LogP contribution >= 0.6 is 0 Å². The van der Waals surface area contributed by atoms with Crippen molar-refractivity contribution in [1.82, 2.24) is 54.7 Å². The van der Waals surface area contributed by atoms with Gasteiger partial charge in [0.15, 0.2) is 5.78 Å². The van der Waals surface area contributed by atoms with Crippen LogP contribution in [0, 0.1) is 29.2 Å². The number of ether oxygens (including phenoxy) is 6. The molecule has 4 saturated heterocycles. The number of hydrogen-bond donors (Lipinski definition) is 7. The van der Waals surface area contributed by atoms with Gasteiger partial charge in [-0.2, -0.15) is 0 Å². The zero-order valence-corrected chi connectivity index (χ0v) is 75.4. The van der Waals surface area contributed by atoms with E-state index in [1.54, 1.807) is 20.8 Å². The second kappa shape index (κ2) is 41.1. The van der Waals surface area contributed by atoms with Gasteiger partial charge in [0.25, 0.3) is 0 Å². The molecule has 0 bridgehead atoms. The zero-order chi connectivity index (χ0) is 107. The van der Waals surface area contributed by atoms with Crippen LogP contribution in [-0.4, -0.2) is 251 Å². The number of carbonyl (C=O) groups is 12. The molecule has 14 atom stereocenters. The fraction of sp³-hybridized carbons (Fsp3) is 0.537. The molecule has 0 saturated carbocycles. The normalized spacial score (nSPS) is 22.4. The summed E-state index contributed by atoms with van der Waals surface area (Å²) in [5.41, 5.74) is 8.71. The molecule has 9 N–H and O–H groups in total. The first kappa shape index (κ1) is 80.2. The average Bonchev–Trinajstić information content (AvgIpc) is 1.55. The van der Waals surface area contributed by atoms with Gasteiger partial charge in [-0.05, 0) is 202 Å². The van der Waals surface area contributed by atoms with Gasteiger partial charge in [0.1, 0.15) is 71.0 Å². The maximum Gasteiger partial charge on any atom is 0.410 e. The number of aromatic amines is 4. The molecule has 704 valence electrons. The van der Waals surface area contributed by atoms with Crippen molar-refractivity contribution in [3.63, 3.8) is 0 Å². The molecule has 0 unspecified atom stereocenters. The maximum atomic E-state index is 15.4. The van der Waals surface area contributed by atoms with Crippen LogP contribution in [0.4, 0.5) is 27.2 Å². The molecule has 31 nitrogen and oxygen atoms in total. The lowest BCUT2D eigenvalue weighted by molar-refractivity contribution is -0.147. The first-order valence-electron chi connectivity index (χ1n) is 50.2. The molecule has 4 aliphatic heterocycles. The highest BCUT2D eigenvalue weighted by atomic mass is 19.1. The number of likely N-dealkylation sites (tertiary alicyclic amines) is 4. The fourth-order valence-corrected chi connectivity index (χ4v) is 16.5. The molecule has 4 aromatic heterocycles. The van der Waals surface area contributed by atoms with Crippen molar-refractivity contribution in [3.05, 3.63) is 118 Å². The fourth-order valence-electron chi connectivity index (χ4n) is 16.5. The molecule has 4 fully saturated rings. The molecule has 4 aromatic carbocycles. The highest BCUT2D eigenvalue weighted by Crippen LogP contribution is 2.44. The van der Waals surface area contributed by atoms with Crippen molar-refractivity contribution in [1.29, 1.82) is 0 Å². The highest BCUT2D eigenvalue weighted by molar-refractivity contribution is 6.00. The van der Waals surface area contributed by atoms with Crippen molar-refractivity contribution in [2.75, 3.05) is 40.1 Å². The third kappa shape index (κ3) is 23.1. The van der Waals surface area contributed by atoms with Gasteiger partial charge in [0, 0.05) is 167 Å². The van der Waals surface area contributed by atoms with Crippen LogP contribution in [0.25, 0.3) is 66.4 Å². The molecule has 12 rings (SSSR count). The number of esters is 4. The van der Waals surface area contributed by atoms with E-state index in [0.29, 0.717) is 4.90 Å². The molecule has 130 heavy (non-hydrogen) atoms. The third-order valence-corrected chi connectivity index (χ3v) is 22.9. The second-order valence-electron chi connectivity index (χ2n) is 35.1. The van der Waals surface area contributed by atoms with Gasteiger partial charge < -0.3 is 89.6 Å². The standard InChI is InChI=1S/C57H77F2N7O12.C38H46F2N6O6/c1-15-34(21-48(69)30(3)63(13)54(73)77-56(7,8)9)52(71)65-28-39(75-32(5)67)24-37(65)26-43-41-19-17-35(58)22-46(41)60-49(43)50-44(42-20-18-36(59)23-47(42)61-50)27-38-25-40(76-33(6)68)29-66(38)53(72)45(16-2)62-51(70)31(4)64(14)55(74)78-57(10,11)12;1-5-31(41)37(49)45-17-25(51-19(3)47)13-23(45)15-29-27-9-7-21(39)11-33(27)43-35(29)36-30(28-10-8-22(40)12-34(28)44-36)16-24-14-26(52-20(4)48)18-46(24)38(50)32(42)6-2/h17-20,22-23,30-31,34,37-40,45,60-61H,15-16,21,24-29H2,1-14H3,(H,62,70);7-12,23-26,31-32,43-44H,5-6,13-18,41-42H2,1-4H3/t30-,31-,34+,37-,38-,39-,40-,45-;23-,24-,25-,26-,31-,32-/m00/s1/i13D3,14D3,26D2,27D2;15D2,16D2. The molecular weight excluding hydrogens is 1690 g/mol. The van der Waals surface area contributed by atoms with Gasteiger partial charge >= 0.3 is 36.1 Å². The SMILES string of the molecule is [2H]C([2H])(c1c(-c2[nH]c3cc(F)ccc3c2C([2H])([2H])[C@@H]2C[C@H](OC(C)=O)CN2C(=O)[C@@H](N)CC)[nH]c2cc(F)ccc12)[C@@H]1C[C@H](OC(C)=O)CN1C(=O)[C@@H](N)CC.[2H]C([2H])(c1c(-c2[nH]c3cc(F)ccc3c2C([2H])([2H])[C@@H]2C[C@H](OC(C)=O)CN2C(=O)[C@H](CC)NC(=O)[C@H](C)N(C(=O)OC(C)(C)C)C([2H])([2H])[2H])[nH]c2cc(F)ccc12)[C@@H]1C[C@H](OC(C)=O)CN1C(=O)[C@H](CC)CC(=O)[C@H](C)N(C(=O)OC(C)(C)C)C([2H])([2H])[2H]. The van der Waals surface area contributed by atoms with Crippen molar-refractivity contribution >= 4 is 115 Å². The summed E-state index contributed by atoms with van der Waals surface area (Å²) in [6, 6.07) is 1.11. The number of benzene rings is 4. The molecule has 4 aliphatic rings. The molecule has 0 spiro atoms. The molecule has 0 aliphatic carbocycles. The molecular formula is C95H123F4N13O18. The van der Waals surface area contributed by atoms with E-state index < -0.39 is 256 Å². The van der Waals surface area contributed by atoms with Gasteiger partial charge in [-0.1, -0.05) is 27.7 Å². The zero-order valence-electron chi connectivity index (χ0n) is 89.4. The minimum absolute atomic E-state index is 0.00361. The Bertz CT molecular complexity index is 5890. The number of Topliss-reactive ketones (excluding diaryl/α,β-unsaturated/α-hetero) is 1. The number of rotatable bonds is 29. The second-order valence-corrected chi connectivity index (χ2v) is 35.1. The van der Waals surface area contributed by atoms with Gasteiger partial charge in [-0.15, -0.1) is 0 Å². The summed E-state index contributed by atoms with van der Waals surface area (Å²) in [5.74, 6) is -12.0. The Labute approximate surface area is 772 Å². The summed E-state index contributed by atoms with van der Waals surface area (Å²) >= 11 is 0. The van der Waals surface area contributed by atoms with Crippen molar-refractivity contribution in [2.45, 2.75) is 284 Å². The lowest BCUT2D eigenvalue weighted by Gasteiger charge is -2.31. The van der Waals surface area contributed by atoms with Crippen LogP contribution < -0.4 is 16.8 Å². The van der Waals surface area contributed by atoms with Crippen LogP contribution in [0.15, 0.2) is 72.8 Å². The molecule has 0 radical (unpaired) electrons. The third-order valence-electron chi connectivity index (χ3n) is 22.9. The number of aromatic nitrogens is 4. The monoisotopic (exact) mass is 1820 g/mol. The smallest absolute Gasteiger partial charge is 0.410 e. The first-order chi connectivity index (χ1) is 66.6. The molecule has 35 heteroatoms. The topological polar surface area (TPSA) is 407 Å². The number of amides is 7. The van der Waals surface area contributed by atoms with Crippen LogP contribution in [-0.2, 0) is 102 Å². The lowest BCUT2D eigenvalue weighted by Crippen LogP contribution is -2.55. The molecule has 7 amide bonds. The Morgan fingerprint density at radius 1 is 0.446 bits per heavy atom. The number of nitrogens with zero attached hydrogens (tertiary/aromatic N) is 6. The molecule has 8 heterocycles. The average molecular weight is 1830 g/mol. The largest absolute Gasteiger partial charge is 0.461 e. The number of likely N-dealkylation sites (N-methyl/N-ethyl adjacent to an activating group) is 2. The van der Waals surface area contributed by atoms with Crippen molar-refractivity contribution < 1.29 is 123 Å². The Hall–Kier alpha value is -11.9. The van der Waals surface area contributed by atoms with E-state index in [1.165, 1.54) is 103 Å². The predicted octanol–water partition coefficient (Wildman–Crippen LogP) is 12.4. The number of H-pyrrole nitrogens is 4. The van der Waals surface area contributed by atoms with E-state index in [2.05, 4.69) is 25.3 Å². The van der Waals surface area contributed by atoms with Crippen LogP contribution in [0.1, 0.15) is 210 Å². The van der Waals surface area contributed by atoms with Gasteiger partial charge in [0.05, 0.1) is 67.1 Å². The van der Waals surface area contributed by atoms with Crippen molar-refractivity contribution in [2.24, 2.45) is 17.4 Å². The Morgan fingerprint density at radius 2 is 0.731 bits per heavy atom. The number of hydrogen-bond acceptors (Lipinski definition) is 20. The van der Waals surface area contributed by atoms with E-state index in [9.17, 15) is 67.7 Å². The number of halogens is 4. The summed E-state index contributed by atoms with van der Waals surface area (Å²) in [5, 5.41) is 2.88. The predicted molar refractivity (Wildman–Crippen MR) is 478 cm³/mol. The Kier molecular flexibility index (Phi) is 25.3. The number of nitrogens with one attached hydrogen (secondary N) is 5. The lowest BCUT2D eigenvalue weighted by atomic mass is 9.93. The summed E-state index contributed by atoms with van der Waals surface area (Å²) < 4.78 is 222. The van der Waals surface area contributed by atoms with Crippen LogP contribution in [0.2, 0.25) is 0 Å². The summed E-state index contributed by atoms with van der Waals surface area (Å²) in [4.78, 5) is 179. The minimum atomic E-state index is -3.21. The summed E-state index contributed by atoms with van der Waals surface area (Å²) in [6.45, 7) is 14.7. The molecule has 8 aromatic rings. The minimum Gasteiger partial charge on any atom is -0.461 e. The van der Waals surface area contributed by atoms with E-state index in [-0.39, 0.29) is 152 Å². The van der Waals surface area contributed by atoms with E-state index >= 15 is 18.4 Å². The Morgan fingerprint density at radius 3 is 0.992 bits per heavy atom. The van der Waals surface area contributed by atoms with E-state index in [0.717, 1.165) is 79.1 Å². The number of fused-ring (bicyclic) bond motifs is 4. The number of nitrogens with two attached hydrogens (primary N) is 2. The maximum absolute atomic E-state index is 15.4. The van der Waals surface area contributed by atoms with Gasteiger partial charge in [-0.25, -0.2) is 27.2 Å². The summed E-state index contributed by atoms with van der Waals surface area (Å²) in [7, 11) is 0. The number of carbonyl (C=O) groups excluding carboxylic acids is 12. The Balaban J connectivity index is 0.000000302.